The van der Waals surface area contributed by atoms with E-state index in [2.05, 4.69) is 17.1 Å². The minimum absolute atomic E-state index is 0.0192. The summed E-state index contributed by atoms with van der Waals surface area (Å²) in [5.41, 5.74) is 5.32. The number of benzene rings is 3. The lowest BCUT2D eigenvalue weighted by Gasteiger charge is -2.43. The molecule has 3 heterocycles. The Morgan fingerprint density at radius 1 is 0.878 bits per heavy atom. The Balaban J connectivity index is 1.17. The third-order valence-corrected chi connectivity index (χ3v) is 10.0. The van der Waals surface area contributed by atoms with Gasteiger partial charge in [0.15, 0.2) is 6.29 Å². The topological polar surface area (TPSA) is 91.3 Å². The maximum absolute atomic E-state index is 13.1. The van der Waals surface area contributed by atoms with Gasteiger partial charge in [0.2, 0.25) is 5.91 Å². The lowest BCUT2D eigenvalue weighted by Crippen LogP contribution is -2.50. The number of aliphatic hydroxyl groups is 1. The van der Waals surface area contributed by atoms with Crippen LogP contribution in [-0.4, -0.2) is 71.2 Å². The number of amides is 2. The first-order valence-electron chi connectivity index (χ1n) is 17.2. The quantitative estimate of drug-likeness (QED) is 0.276. The number of aliphatic hydroxyl groups excluding tert-OH is 1. The molecule has 3 aliphatic heterocycles. The van der Waals surface area contributed by atoms with Crippen molar-refractivity contribution in [2.45, 2.75) is 82.9 Å². The van der Waals surface area contributed by atoms with Crippen LogP contribution in [0.25, 0.3) is 11.1 Å². The molecule has 0 aliphatic carbocycles. The highest BCUT2D eigenvalue weighted by Gasteiger charge is 2.47. The number of nitrogens with one attached hydrogen (secondary N) is 1. The number of carbonyl (C=O) groups excluding carboxylic acids is 2. The number of hydrogen-bond acceptors (Lipinski definition) is 6. The summed E-state index contributed by atoms with van der Waals surface area (Å²) in [6.07, 6.45) is -1.70. The van der Waals surface area contributed by atoms with Gasteiger partial charge in [0, 0.05) is 31.1 Å². The Morgan fingerprint density at radius 2 is 1.57 bits per heavy atom. The maximum Gasteiger partial charge on any atom is 0.471 e. The molecule has 49 heavy (non-hydrogen) atoms. The standard InChI is InChI=1S/C38H44F3N3O5/c1-25-33(23-43-19-5-2-6-20-43)48-36(49-34(25)28-13-11-26(24-45)12-14-28)29-17-15-27(16-18-29)31-9-4-3-8-30(31)22-42-35(46)32-10-7-21-44(32)37(47)38(39,40)41/h3-4,8-9,11-18,25,32-34,36,45H,2,5-7,10,19-24H2,1H3,(H,42,46)/t25-,32+,33+,34+,36+/m1/s1. The molecule has 6 rings (SSSR count). The van der Waals surface area contributed by atoms with Gasteiger partial charge in [-0.25, -0.2) is 0 Å². The zero-order chi connectivity index (χ0) is 34.5. The van der Waals surface area contributed by atoms with Crippen molar-refractivity contribution in [1.29, 1.82) is 0 Å². The van der Waals surface area contributed by atoms with Crippen molar-refractivity contribution in [3.05, 3.63) is 95.1 Å². The van der Waals surface area contributed by atoms with Gasteiger partial charge in [-0.15, -0.1) is 0 Å². The SMILES string of the molecule is C[C@@H]1[C@H](CN2CCCCC2)O[C@H](c2ccc(-c3ccccc3CNC(=O)[C@@H]3CCCN3C(=O)C(F)(F)F)cc2)O[C@@H]1c1ccc(CO)cc1. The van der Waals surface area contributed by atoms with Crippen molar-refractivity contribution in [2.75, 3.05) is 26.2 Å². The van der Waals surface area contributed by atoms with Crippen LogP contribution in [0.2, 0.25) is 0 Å². The first-order chi connectivity index (χ1) is 23.6. The van der Waals surface area contributed by atoms with E-state index in [0.717, 1.165) is 53.0 Å². The molecule has 11 heteroatoms. The summed E-state index contributed by atoms with van der Waals surface area (Å²) in [4.78, 5) is 27.9. The fraction of sp³-hybridized carbons (Fsp3) is 0.474. The van der Waals surface area contributed by atoms with Gasteiger partial charge in [-0.1, -0.05) is 86.1 Å². The van der Waals surface area contributed by atoms with Crippen LogP contribution in [0.1, 0.15) is 73.7 Å². The number of hydrogen-bond donors (Lipinski definition) is 2. The summed E-state index contributed by atoms with van der Waals surface area (Å²) in [7, 11) is 0. The summed E-state index contributed by atoms with van der Waals surface area (Å²) in [5, 5.41) is 12.3. The second-order valence-electron chi connectivity index (χ2n) is 13.3. The average molecular weight is 680 g/mol. The molecule has 3 aromatic carbocycles. The predicted molar refractivity (Wildman–Crippen MR) is 178 cm³/mol. The van der Waals surface area contributed by atoms with Gasteiger partial charge >= 0.3 is 12.1 Å². The molecule has 3 saturated heterocycles. The fourth-order valence-electron chi connectivity index (χ4n) is 7.25. The van der Waals surface area contributed by atoms with Crippen LogP contribution >= 0.6 is 0 Å². The van der Waals surface area contributed by atoms with Gasteiger partial charge < -0.3 is 29.7 Å². The number of ether oxygens (including phenoxy) is 2. The molecule has 3 aromatic rings. The average Bonchev–Trinajstić information content (AvgIpc) is 3.62. The molecular formula is C38H44F3N3O5. The van der Waals surface area contributed by atoms with Gasteiger partial charge in [-0.3, -0.25) is 9.59 Å². The van der Waals surface area contributed by atoms with E-state index >= 15 is 0 Å². The zero-order valence-electron chi connectivity index (χ0n) is 27.7. The smallest absolute Gasteiger partial charge is 0.392 e. The molecular weight excluding hydrogens is 635 g/mol. The van der Waals surface area contributed by atoms with E-state index in [-0.39, 0.29) is 44.2 Å². The molecule has 3 fully saturated rings. The highest BCUT2D eigenvalue weighted by Crippen LogP contribution is 2.42. The molecule has 0 radical (unpaired) electrons. The van der Waals surface area contributed by atoms with E-state index in [9.17, 15) is 27.9 Å². The molecule has 0 unspecified atom stereocenters. The summed E-state index contributed by atoms with van der Waals surface area (Å²) < 4.78 is 52.6. The van der Waals surface area contributed by atoms with Crippen LogP contribution in [0.5, 0.6) is 0 Å². The minimum Gasteiger partial charge on any atom is -0.392 e. The molecule has 2 amide bonds. The number of likely N-dealkylation sites (tertiary alicyclic amines) is 2. The molecule has 0 bridgehead atoms. The van der Waals surface area contributed by atoms with Gasteiger partial charge in [0.25, 0.3) is 0 Å². The normalized spacial score (nSPS) is 24.9. The second-order valence-corrected chi connectivity index (χ2v) is 13.3. The van der Waals surface area contributed by atoms with Crippen molar-refractivity contribution in [3.8, 4) is 11.1 Å². The Hall–Kier alpha value is -3.77. The van der Waals surface area contributed by atoms with Crippen molar-refractivity contribution in [1.82, 2.24) is 15.1 Å². The molecule has 0 saturated carbocycles. The van der Waals surface area contributed by atoms with Crippen LogP contribution in [0.15, 0.2) is 72.8 Å². The number of carbonyl (C=O) groups is 2. The minimum atomic E-state index is -5.02. The summed E-state index contributed by atoms with van der Waals surface area (Å²) >= 11 is 0. The van der Waals surface area contributed by atoms with E-state index < -0.39 is 30.3 Å². The molecule has 2 N–H and O–H groups in total. The first kappa shape index (κ1) is 35.1. The van der Waals surface area contributed by atoms with E-state index in [1.165, 1.54) is 19.3 Å². The van der Waals surface area contributed by atoms with Crippen LogP contribution in [0.4, 0.5) is 13.2 Å². The molecule has 3 aliphatic rings. The van der Waals surface area contributed by atoms with Crippen LogP contribution in [-0.2, 0) is 32.2 Å². The number of nitrogens with zero attached hydrogens (tertiary/aromatic N) is 2. The molecule has 8 nitrogen and oxygen atoms in total. The van der Waals surface area contributed by atoms with E-state index in [1.807, 2.05) is 72.8 Å². The van der Waals surface area contributed by atoms with Crippen molar-refractivity contribution >= 4 is 11.8 Å². The Morgan fingerprint density at radius 3 is 2.27 bits per heavy atom. The number of alkyl halides is 3. The third kappa shape index (κ3) is 8.17. The summed E-state index contributed by atoms with van der Waals surface area (Å²) in [6.45, 7) is 5.11. The number of piperidine rings is 1. The third-order valence-electron chi connectivity index (χ3n) is 10.0. The molecule has 0 spiro atoms. The fourth-order valence-corrected chi connectivity index (χ4v) is 7.25. The van der Waals surface area contributed by atoms with E-state index in [0.29, 0.717) is 11.3 Å². The Kier molecular flexibility index (Phi) is 11.0. The van der Waals surface area contributed by atoms with Crippen molar-refractivity contribution in [2.24, 2.45) is 5.92 Å². The van der Waals surface area contributed by atoms with E-state index in [4.69, 9.17) is 9.47 Å². The molecule has 5 atom stereocenters. The first-order valence-corrected chi connectivity index (χ1v) is 17.2. The highest BCUT2D eigenvalue weighted by molar-refractivity contribution is 5.90. The lowest BCUT2D eigenvalue weighted by molar-refractivity contribution is -0.276. The van der Waals surface area contributed by atoms with Crippen LogP contribution < -0.4 is 5.32 Å². The summed E-state index contributed by atoms with van der Waals surface area (Å²) in [5.74, 6) is -2.47. The van der Waals surface area contributed by atoms with Crippen molar-refractivity contribution in [3.63, 3.8) is 0 Å². The Bertz CT molecular complexity index is 1580. The van der Waals surface area contributed by atoms with Gasteiger partial charge in [-0.05, 0) is 66.6 Å². The zero-order valence-corrected chi connectivity index (χ0v) is 27.7. The molecule has 262 valence electrons. The Labute approximate surface area is 285 Å². The van der Waals surface area contributed by atoms with Gasteiger partial charge in [0.05, 0.1) is 18.8 Å². The second kappa shape index (κ2) is 15.4. The van der Waals surface area contributed by atoms with Gasteiger partial charge in [0.1, 0.15) is 6.04 Å². The van der Waals surface area contributed by atoms with Crippen LogP contribution in [0, 0.1) is 5.92 Å². The molecule has 0 aromatic heterocycles. The largest absolute Gasteiger partial charge is 0.471 e. The number of rotatable bonds is 9. The van der Waals surface area contributed by atoms with Gasteiger partial charge in [-0.2, -0.15) is 13.2 Å². The summed E-state index contributed by atoms with van der Waals surface area (Å²) in [6, 6.07) is 22.2. The highest BCUT2D eigenvalue weighted by atomic mass is 19.4. The van der Waals surface area contributed by atoms with Crippen LogP contribution in [0.3, 0.4) is 0 Å². The maximum atomic E-state index is 13.1. The van der Waals surface area contributed by atoms with Crippen molar-refractivity contribution < 1.29 is 37.3 Å². The predicted octanol–water partition coefficient (Wildman–Crippen LogP) is 6.29. The number of halogens is 3. The van der Waals surface area contributed by atoms with E-state index in [1.54, 1.807) is 0 Å². The lowest BCUT2D eigenvalue weighted by atomic mass is 9.89. The monoisotopic (exact) mass is 679 g/mol.